The highest BCUT2D eigenvalue weighted by molar-refractivity contribution is 7.15. The zero-order valence-electron chi connectivity index (χ0n) is 12.3. The number of nitrogens with zero attached hydrogens (tertiary/aromatic N) is 2. The molecule has 1 aromatic heterocycles. The fourth-order valence-corrected chi connectivity index (χ4v) is 2.45. The van der Waals surface area contributed by atoms with Crippen LogP contribution < -0.4 is 10.6 Å². The molecule has 10 heteroatoms. The summed E-state index contributed by atoms with van der Waals surface area (Å²) in [4.78, 5) is 23.5. The van der Waals surface area contributed by atoms with Crippen molar-refractivity contribution in [3.05, 3.63) is 39.9 Å². The number of carbonyl (C=O) groups excluding carboxylic acids is 2. The van der Waals surface area contributed by atoms with Crippen molar-refractivity contribution in [2.75, 3.05) is 11.9 Å². The van der Waals surface area contributed by atoms with Crippen molar-refractivity contribution in [1.29, 1.82) is 0 Å². The van der Waals surface area contributed by atoms with Crippen LogP contribution in [0.15, 0.2) is 24.3 Å². The van der Waals surface area contributed by atoms with Gasteiger partial charge in [0.25, 0.3) is 12.3 Å². The molecule has 0 atom stereocenters. The number of nitrogens with one attached hydrogen (secondary N) is 2. The Kier molecular flexibility index (Phi) is 6.56. The van der Waals surface area contributed by atoms with Gasteiger partial charge in [0.05, 0.1) is 0 Å². The van der Waals surface area contributed by atoms with E-state index < -0.39 is 11.4 Å². The van der Waals surface area contributed by atoms with Gasteiger partial charge in [-0.25, -0.2) is 8.78 Å². The molecule has 1 heterocycles. The third kappa shape index (κ3) is 5.50. The van der Waals surface area contributed by atoms with E-state index in [-0.39, 0.29) is 23.4 Å². The van der Waals surface area contributed by atoms with Gasteiger partial charge in [0.15, 0.2) is 5.01 Å². The van der Waals surface area contributed by atoms with E-state index in [1.165, 1.54) is 0 Å². The van der Waals surface area contributed by atoms with E-state index in [1.807, 2.05) is 0 Å². The summed E-state index contributed by atoms with van der Waals surface area (Å²) in [5.41, 5.74) is 0.470. The predicted molar refractivity (Wildman–Crippen MR) is 86.5 cm³/mol. The summed E-state index contributed by atoms with van der Waals surface area (Å²) >= 11 is 6.36. The zero-order valence-corrected chi connectivity index (χ0v) is 13.8. The lowest BCUT2D eigenvalue weighted by atomic mass is 10.2. The number of rotatable bonds is 7. The van der Waals surface area contributed by atoms with Crippen LogP contribution in [0.25, 0.3) is 0 Å². The van der Waals surface area contributed by atoms with Gasteiger partial charge in [-0.15, -0.1) is 10.2 Å². The number of carbonyl (C=O) groups is 2. The van der Waals surface area contributed by atoms with Gasteiger partial charge >= 0.3 is 0 Å². The van der Waals surface area contributed by atoms with E-state index >= 15 is 0 Å². The molecule has 0 aliphatic carbocycles. The highest BCUT2D eigenvalue weighted by Crippen LogP contribution is 2.25. The first-order valence-electron chi connectivity index (χ1n) is 6.91. The molecule has 0 aliphatic heterocycles. The van der Waals surface area contributed by atoms with Crippen molar-refractivity contribution in [2.24, 2.45) is 0 Å². The molecule has 24 heavy (non-hydrogen) atoms. The van der Waals surface area contributed by atoms with E-state index in [0.29, 0.717) is 34.9 Å². The lowest BCUT2D eigenvalue weighted by Crippen LogP contribution is -2.25. The summed E-state index contributed by atoms with van der Waals surface area (Å²) in [7, 11) is 0. The van der Waals surface area contributed by atoms with Gasteiger partial charge < -0.3 is 10.6 Å². The van der Waals surface area contributed by atoms with E-state index in [2.05, 4.69) is 20.8 Å². The summed E-state index contributed by atoms with van der Waals surface area (Å²) in [5.74, 6) is -0.648. The summed E-state index contributed by atoms with van der Waals surface area (Å²) < 4.78 is 24.7. The molecule has 2 amide bonds. The molecule has 128 valence electrons. The molecule has 0 saturated heterocycles. The van der Waals surface area contributed by atoms with Gasteiger partial charge in [0.2, 0.25) is 11.0 Å². The van der Waals surface area contributed by atoms with Crippen LogP contribution in [0.4, 0.5) is 13.9 Å². The average molecular weight is 375 g/mol. The van der Waals surface area contributed by atoms with Crippen LogP contribution in [0.3, 0.4) is 0 Å². The Balaban J connectivity index is 1.68. The van der Waals surface area contributed by atoms with Crippen molar-refractivity contribution in [3.8, 4) is 0 Å². The second-order valence-corrected chi connectivity index (χ2v) is 6.11. The molecule has 2 rings (SSSR count). The zero-order chi connectivity index (χ0) is 17.5. The molecule has 2 aromatic rings. The number of alkyl halides is 2. The van der Waals surface area contributed by atoms with E-state index in [0.717, 1.165) is 0 Å². The normalized spacial score (nSPS) is 10.7. The molecule has 2 N–H and O–H groups in total. The first-order chi connectivity index (χ1) is 11.5. The minimum atomic E-state index is -2.71. The van der Waals surface area contributed by atoms with E-state index in [4.69, 9.17) is 11.6 Å². The lowest BCUT2D eigenvalue weighted by molar-refractivity contribution is -0.116. The fourth-order valence-electron chi connectivity index (χ4n) is 1.71. The van der Waals surface area contributed by atoms with Crippen molar-refractivity contribution in [3.63, 3.8) is 0 Å². The fraction of sp³-hybridized carbons (Fsp3) is 0.286. The second-order valence-electron chi connectivity index (χ2n) is 4.66. The summed E-state index contributed by atoms with van der Waals surface area (Å²) in [6.45, 7) is 0.299. The molecular formula is C14H13ClF2N4O2S. The van der Waals surface area contributed by atoms with Gasteiger partial charge in [0, 0.05) is 23.6 Å². The Hall–Kier alpha value is -2.13. The summed E-state index contributed by atoms with van der Waals surface area (Å²) in [5, 5.41) is 11.9. The highest BCUT2D eigenvalue weighted by Gasteiger charge is 2.15. The highest BCUT2D eigenvalue weighted by atomic mass is 35.5. The average Bonchev–Trinajstić information content (AvgIpc) is 3.00. The van der Waals surface area contributed by atoms with Crippen molar-refractivity contribution >= 4 is 39.9 Å². The number of aromatic nitrogens is 2. The minimum absolute atomic E-state index is 0.0282. The maximum absolute atomic E-state index is 12.4. The standard InChI is InChI=1S/C14H13ClF2N4O2S/c15-9-5-3-8(4-6-9)12(23)18-7-1-2-10(22)19-14-21-20-13(24-14)11(16)17/h3-6,11H,1-2,7H2,(H,18,23)(H,19,21,22). The molecule has 0 aliphatic rings. The van der Waals surface area contributed by atoms with Crippen LogP contribution in [-0.4, -0.2) is 28.6 Å². The molecular weight excluding hydrogens is 362 g/mol. The van der Waals surface area contributed by atoms with Gasteiger partial charge in [-0.05, 0) is 30.7 Å². The van der Waals surface area contributed by atoms with Crippen LogP contribution >= 0.6 is 22.9 Å². The first-order valence-corrected chi connectivity index (χ1v) is 8.10. The van der Waals surface area contributed by atoms with Crippen LogP contribution in [0.2, 0.25) is 5.02 Å². The van der Waals surface area contributed by atoms with Crippen molar-refractivity contribution < 1.29 is 18.4 Å². The smallest absolute Gasteiger partial charge is 0.291 e. The third-order valence-corrected chi connectivity index (χ3v) is 3.94. The quantitative estimate of drug-likeness (QED) is 0.728. The minimum Gasteiger partial charge on any atom is -0.352 e. The Labute approximate surface area is 145 Å². The third-order valence-electron chi connectivity index (χ3n) is 2.85. The summed E-state index contributed by atoms with van der Waals surface area (Å²) in [6.07, 6.45) is -2.20. The number of hydrogen-bond acceptors (Lipinski definition) is 5. The monoisotopic (exact) mass is 374 g/mol. The van der Waals surface area contributed by atoms with Crippen molar-refractivity contribution in [1.82, 2.24) is 15.5 Å². The van der Waals surface area contributed by atoms with Crippen molar-refractivity contribution in [2.45, 2.75) is 19.3 Å². The van der Waals surface area contributed by atoms with Crippen LogP contribution in [-0.2, 0) is 4.79 Å². The predicted octanol–water partition coefficient (Wildman–Crippen LogP) is 3.28. The molecule has 0 fully saturated rings. The van der Waals surface area contributed by atoms with E-state index in [9.17, 15) is 18.4 Å². The molecule has 0 radical (unpaired) electrons. The Bertz CT molecular complexity index is 709. The number of halogens is 3. The van der Waals surface area contributed by atoms with Crippen LogP contribution in [0.5, 0.6) is 0 Å². The van der Waals surface area contributed by atoms with E-state index in [1.54, 1.807) is 24.3 Å². The van der Waals surface area contributed by atoms with Gasteiger partial charge in [-0.1, -0.05) is 22.9 Å². The number of hydrogen-bond donors (Lipinski definition) is 2. The summed E-state index contributed by atoms with van der Waals surface area (Å²) in [6, 6.07) is 6.42. The second kappa shape index (κ2) is 8.65. The Morgan fingerprint density at radius 3 is 2.54 bits per heavy atom. The number of anilines is 1. The molecule has 0 saturated carbocycles. The lowest BCUT2D eigenvalue weighted by Gasteiger charge is -2.05. The Morgan fingerprint density at radius 1 is 1.21 bits per heavy atom. The van der Waals surface area contributed by atoms with Gasteiger partial charge in [-0.2, -0.15) is 0 Å². The molecule has 1 aromatic carbocycles. The number of benzene rings is 1. The molecule has 0 spiro atoms. The van der Waals surface area contributed by atoms with Crippen LogP contribution in [0.1, 0.15) is 34.6 Å². The maximum Gasteiger partial charge on any atom is 0.291 e. The Morgan fingerprint density at radius 2 is 1.92 bits per heavy atom. The van der Waals surface area contributed by atoms with Crippen LogP contribution in [0, 0.1) is 0 Å². The maximum atomic E-state index is 12.4. The number of amides is 2. The SMILES string of the molecule is O=C(CCCNC(=O)c1ccc(Cl)cc1)Nc1nnc(C(F)F)s1. The van der Waals surface area contributed by atoms with Gasteiger partial charge in [-0.3, -0.25) is 9.59 Å². The largest absolute Gasteiger partial charge is 0.352 e. The first kappa shape index (κ1) is 18.2. The van der Waals surface area contributed by atoms with Gasteiger partial charge in [0.1, 0.15) is 0 Å². The molecule has 0 unspecified atom stereocenters. The topological polar surface area (TPSA) is 84.0 Å². The molecule has 0 bridgehead atoms. The molecule has 6 nitrogen and oxygen atoms in total.